The second kappa shape index (κ2) is 4.93. The Kier molecular flexibility index (Phi) is 3.51. The van der Waals surface area contributed by atoms with Gasteiger partial charge >= 0.3 is 6.18 Å². The summed E-state index contributed by atoms with van der Waals surface area (Å²) in [4.78, 5) is 0. The first-order chi connectivity index (χ1) is 8.47. The summed E-state index contributed by atoms with van der Waals surface area (Å²) in [5.41, 5.74) is -0.434. The lowest BCUT2D eigenvalue weighted by atomic mass is 10.1. The number of nitrogens with one attached hydrogen (secondary N) is 1. The molecule has 0 radical (unpaired) electrons. The highest BCUT2D eigenvalue weighted by Crippen LogP contribution is 2.32. The molecule has 1 aromatic heterocycles. The van der Waals surface area contributed by atoms with Crippen molar-refractivity contribution >= 4 is 16.5 Å². The standard InChI is InChI=1S/C11H10F3N3S/c1-7-16-17-10(18-7)15-6-8-4-2-3-5-9(8)11(12,13)14/h2-5H,6H2,1H3,(H,15,17). The molecule has 0 saturated carbocycles. The molecule has 0 spiro atoms. The summed E-state index contributed by atoms with van der Waals surface area (Å²) in [6.45, 7) is 1.86. The number of nitrogens with zero attached hydrogens (tertiary/aromatic N) is 2. The molecule has 0 bridgehead atoms. The summed E-state index contributed by atoms with van der Waals surface area (Å²) in [5, 5.41) is 11.7. The fraction of sp³-hybridized carbons (Fsp3) is 0.273. The quantitative estimate of drug-likeness (QED) is 0.930. The highest BCUT2D eigenvalue weighted by atomic mass is 32.1. The van der Waals surface area contributed by atoms with E-state index in [-0.39, 0.29) is 12.1 Å². The van der Waals surface area contributed by atoms with E-state index in [0.717, 1.165) is 11.1 Å². The first-order valence-corrected chi connectivity index (χ1v) is 5.97. The summed E-state index contributed by atoms with van der Waals surface area (Å²) in [5.74, 6) is 0. The van der Waals surface area contributed by atoms with E-state index < -0.39 is 11.7 Å². The summed E-state index contributed by atoms with van der Waals surface area (Å²) in [7, 11) is 0. The molecule has 3 nitrogen and oxygen atoms in total. The van der Waals surface area contributed by atoms with Crippen LogP contribution in [0.1, 0.15) is 16.1 Å². The van der Waals surface area contributed by atoms with Crippen LogP contribution in [0, 0.1) is 6.92 Å². The third-order valence-corrected chi connectivity index (χ3v) is 3.08. The first-order valence-electron chi connectivity index (χ1n) is 5.16. The second-order valence-corrected chi connectivity index (χ2v) is 4.82. The molecule has 0 fully saturated rings. The van der Waals surface area contributed by atoms with Crippen LogP contribution < -0.4 is 5.32 Å². The highest BCUT2D eigenvalue weighted by molar-refractivity contribution is 7.15. The van der Waals surface area contributed by atoms with Crippen molar-refractivity contribution in [1.29, 1.82) is 0 Å². The van der Waals surface area contributed by atoms with Crippen molar-refractivity contribution in [3.8, 4) is 0 Å². The SMILES string of the molecule is Cc1nnc(NCc2ccccc2C(F)(F)F)s1. The fourth-order valence-electron chi connectivity index (χ4n) is 1.49. The van der Waals surface area contributed by atoms with Gasteiger partial charge in [-0.25, -0.2) is 0 Å². The number of halogens is 3. The topological polar surface area (TPSA) is 37.8 Å². The van der Waals surface area contributed by atoms with Gasteiger partial charge in [-0.2, -0.15) is 13.2 Å². The van der Waals surface area contributed by atoms with Gasteiger partial charge in [-0.15, -0.1) is 10.2 Å². The first kappa shape index (κ1) is 12.8. The van der Waals surface area contributed by atoms with Gasteiger partial charge in [0.05, 0.1) is 5.56 Å². The van der Waals surface area contributed by atoms with Crippen molar-refractivity contribution in [2.75, 3.05) is 5.32 Å². The third-order valence-electron chi connectivity index (χ3n) is 2.28. The highest BCUT2D eigenvalue weighted by Gasteiger charge is 2.32. The maximum Gasteiger partial charge on any atom is 0.416 e. The van der Waals surface area contributed by atoms with E-state index in [4.69, 9.17) is 0 Å². The normalized spacial score (nSPS) is 11.6. The van der Waals surface area contributed by atoms with E-state index in [1.165, 1.54) is 23.5 Å². The Bertz CT molecular complexity index is 536. The van der Waals surface area contributed by atoms with Crippen LogP contribution in [0.3, 0.4) is 0 Å². The van der Waals surface area contributed by atoms with Gasteiger partial charge in [-0.3, -0.25) is 0 Å². The van der Waals surface area contributed by atoms with Crippen molar-refractivity contribution in [1.82, 2.24) is 10.2 Å². The Morgan fingerprint density at radius 2 is 1.94 bits per heavy atom. The monoisotopic (exact) mass is 273 g/mol. The zero-order valence-electron chi connectivity index (χ0n) is 9.45. The minimum absolute atomic E-state index is 0.0737. The van der Waals surface area contributed by atoms with E-state index in [1.807, 2.05) is 0 Å². The number of benzene rings is 1. The lowest BCUT2D eigenvalue weighted by molar-refractivity contribution is -0.138. The molecule has 18 heavy (non-hydrogen) atoms. The Morgan fingerprint density at radius 1 is 1.22 bits per heavy atom. The predicted molar refractivity (Wildman–Crippen MR) is 63.4 cm³/mol. The van der Waals surface area contributed by atoms with Gasteiger partial charge in [0.2, 0.25) is 5.13 Å². The minimum atomic E-state index is -4.34. The average molecular weight is 273 g/mol. The van der Waals surface area contributed by atoms with Gasteiger partial charge in [-0.1, -0.05) is 29.5 Å². The molecular formula is C11H10F3N3S. The van der Waals surface area contributed by atoms with Crippen LogP contribution in [-0.4, -0.2) is 10.2 Å². The molecule has 0 aliphatic carbocycles. The molecule has 2 rings (SSSR count). The molecule has 2 aromatic rings. The smallest absolute Gasteiger partial charge is 0.356 e. The van der Waals surface area contributed by atoms with Crippen molar-refractivity contribution < 1.29 is 13.2 Å². The molecule has 0 saturated heterocycles. The number of aromatic nitrogens is 2. The van der Waals surface area contributed by atoms with Crippen LogP contribution in [0.25, 0.3) is 0 Å². The average Bonchev–Trinajstić information content (AvgIpc) is 2.72. The molecule has 0 unspecified atom stereocenters. The van der Waals surface area contributed by atoms with E-state index >= 15 is 0 Å². The van der Waals surface area contributed by atoms with Gasteiger partial charge in [-0.05, 0) is 18.6 Å². The van der Waals surface area contributed by atoms with Gasteiger partial charge in [0, 0.05) is 6.54 Å². The summed E-state index contributed by atoms with van der Waals surface area (Å²) in [6.07, 6.45) is -4.34. The molecule has 1 N–H and O–H groups in total. The van der Waals surface area contributed by atoms with Crippen molar-refractivity contribution in [2.45, 2.75) is 19.6 Å². The van der Waals surface area contributed by atoms with Gasteiger partial charge < -0.3 is 5.32 Å². The molecule has 1 aromatic carbocycles. The third kappa shape index (κ3) is 2.98. The molecule has 1 heterocycles. The predicted octanol–water partition coefficient (Wildman–Crippen LogP) is 3.48. The van der Waals surface area contributed by atoms with E-state index in [9.17, 15) is 13.2 Å². The second-order valence-electron chi connectivity index (χ2n) is 3.63. The number of hydrogen-bond acceptors (Lipinski definition) is 4. The van der Waals surface area contributed by atoms with Crippen molar-refractivity contribution in [3.63, 3.8) is 0 Å². The maximum atomic E-state index is 12.7. The van der Waals surface area contributed by atoms with E-state index in [1.54, 1.807) is 13.0 Å². The number of alkyl halides is 3. The van der Waals surface area contributed by atoms with Gasteiger partial charge in [0.15, 0.2) is 0 Å². The molecule has 0 atom stereocenters. The number of hydrogen-bond donors (Lipinski definition) is 1. The Morgan fingerprint density at radius 3 is 2.56 bits per heavy atom. The van der Waals surface area contributed by atoms with E-state index in [2.05, 4.69) is 15.5 Å². The summed E-state index contributed by atoms with van der Waals surface area (Å²) >= 11 is 1.31. The number of rotatable bonds is 3. The molecule has 96 valence electrons. The lowest BCUT2D eigenvalue weighted by Crippen LogP contribution is -2.11. The summed E-state index contributed by atoms with van der Waals surface area (Å²) < 4.78 is 38.2. The van der Waals surface area contributed by atoms with Gasteiger partial charge in [0.1, 0.15) is 5.01 Å². The minimum Gasteiger partial charge on any atom is -0.356 e. The zero-order valence-corrected chi connectivity index (χ0v) is 10.3. The Balaban J connectivity index is 2.14. The largest absolute Gasteiger partial charge is 0.416 e. The van der Waals surface area contributed by atoms with Crippen LogP contribution in [0.4, 0.5) is 18.3 Å². The van der Waals surface area contributed by atoms with Crippen LogP contribution in [0.15, 0.2) is 24.3 Å². The molecular weight excluding hydrogens is 263 g/mol. The number of aryl methyl sites for hydroxylation is 1. The number of anilines is 1. The summed E-state index contributed by atoms with van der Waals surface area (Å²) in [6, 6.07) is 5.48. The zero-order chi connectivity index (χ0) is 13.2. The van der Waals surface area contributed by atoms with Gasteiger partial charge in [0.25, 0.3) is 0 Å². The molecule has 7 heteroatoms. The fourth-order valence-corrected chi connectivity index (χ4v) is 2.08. The molecule has 0 amide bonds. The van der Waals surface area contributed by atoms with Crippen molar-refractivity contribution in [2.24, 2.45) is 0 Å². The van der Waals surface area contributed by atoms with Crippen LogP contribution >= 0.6 is 11.3 Å². The molecule has 0 aliphatic heterocycles. The van der Waals surface area contributed by atoms with Crippen LogP contribution in [-0.2, 0) is 12.7 Å². The van der Waals surface area contributed by atoms with Crippen LogP contribution in [0.5, 0.6) is 0 Å². The lowest BCUT2D eigenvalue weighted by Gasteiger charge is -2.12. The Hall–Kier alpha value is -1.63. The van der Waals surface area contributed by atoms with E-state index in [0.29, 0.717) is 5.13 Å². The maximum absolute atomic E-state index is 12.7. The van der Waals surface area contributed by atoms with Crippen molar-refractivity contribution in [3.05, 3.63) is 40.4 Å². The molecule has 0 aliphatic rings. The Labute approximate surface area is 106 Å². The van der Waals surface area contributed by atoms with Crippen LogP contribution in [0.2, 0.25) is 0 Å².